The van der Waals surface area contributed by atoms with E-state index < -0.39 is 10.2 Å². The van der Waals surface area contributed by atoms with Crippen LogP contribution in [0.25, 0.3) is 22.2 Å². The fourth-order valence-corrected chi connectivity index (χ4v) is 2.66. The van der Waals surface area contributed by atoms with Gasteiger partial charge in [0.2, 0.25) is 11.4 Å². The molecular formula is C14H12N6O2. The number of fused-ring (bicyclic) bond motifs is 2. The van der Waals surface area contributed by atoms with E-state index in [0.29, 0.717) is 5.69 Å². The van der Waals surface area contributed by atoms with Gasteiger partial charge in [0.1, 0.15) is 5.65 Å². The molecule has 110 valence electrons. The molecule has 0 saturated carbocycles. The van der Waals surface area contributed by atoms with E-state index in [2.05, 4.69) is 15.1 Å². The Bertz CT molecular complexity index is 903. The topological polar surface area (TPSA) is 122 Å². The summed E-state index contributed by atoms with van der Waals surface area (Å²) in [6.45, 7) is 0. The lowest BCUT2D eigenvalue weighted by atomic mass is 10.0. The number of nitrogens with zero attached hydrogens (tertiary/aromatic N) is 2. The Hall–Kier alpha value is -2.78. The summed E-state index contributed by atoms with van der Waals surface area (Å²) in [4.78, 5) is 7.28. The van der Waals surface area contributed by atoms with Gasteiger partial charge in [-0.25, -0.2) is 4.98 Å². The summed E-state index contributed by atoms with van der Waals surface area (Å²) in [5.74, 6) is -0.262. The van der Waals surface area contributed by atoms with Crippen LogP contribution in [0.5, 0.6) is 0 Å². The average Bonchev–Trinajstić information content (AvgIpc) is 3.01. The summed E-state index contributed by atoms with van der Waals surface area (Å²) < 4.78 is 0. The first-order chi connectivity index (χ1) is 10.6. The van der Waals surface area contributed by atoms with Crippen LogP contribution in [0.1, 0.15) is 0 Å². The first-order valence-corrected chi connectivity index (χ1v) is 6.65. The minimum absolute atomic E-state index is 0.262. The molecule has 3 heterocycles. The number of nitrogens with one attached hydrogen (secondary N) is 3. The van der Waals surface area contributed by atoms with E-state index in [1.807, 2.05) is 12.1 Å². The quantitative estimate of drug-likeness (QED) is 0.452. The zero-order chi connectivity index (χ0) is 15.3. The molecule has 8 nitrogen and oxygen atoms in total. The molecule has 0 saturated heterocycles. The van der Waals surface area contributed by atoms with Crippen LogP contribution in [0, 0.1) is 10.4 Å². The molecule has 1 aliphatic rings. The first kappa shape index (κ1) is 12.9. The smallest absolute Gasteiger partial charge is 0.351 e. The molecule has 1 aromatic carbocycles. The van der Waals surface area contributed by atoms with Gasteiger partial charge in [-0.15, -0.1) is 0 Å². The van der Waals surface area contributed by atoms with E-state index in [-0.39, 0.29) is 11.6 Å². The lowest BCUT2D eigenvalue weighted by Gasteiger charge is -2.28. The Labute approximate surface area is 124 Å². The molecule has 4 rings (SSSR count). The highest BCUT2D eigenvalue weighted by Gasteiger charge is 2.26. The highest BCUT2D eigenvalue weighted by Crippen LogP contribution is 2.30. The number of quaternary nitrogens is 2. The van der Waals surface area contributed by atoms with Crippen molar-refractivity contribution in [3.63, 3.8) is 0 Å². The highest BCUT2D eigenvalue weighted by molar-refractivity contribution is 5.93. The molecule has 2 unspecified atom stereocenters. The number of aromatic amines is 1. The summed E-state index contributed by atoms with van der Waals surface area (Å²) in [5.41, 5.74) is 8.54. The minimum Gasteiger partial charge on any atom is -0.621 e. The Morgan fingerprint density at radius 1 is 1.09 bits per heavy atom. The van der Waals surface area contributed by atoms with Gasteiger partial charge in [-0.05, 0) is 29.3 Å². The summed E-state index contributed by atoms with van der Waals surface area (Å²) >= 11 is 0. The highest BCUT2D eigenvalue weighted by atomic mass is 16.5. The third-order valence-electron chi connectivity index (χ3n) is 3.72. The molecule has 0 spiro atoms. The second kappa shape index (κ2) is 4.61. The van der Waals surface area contributed by atoms with Crippen LogP contribution in [-0.2, 0) is 0 Å². The van der Waals surface area contributed by atoms with Gasteiger partial charge in [-0.3, -0.25) is 5.06 Å². The zero-order valence-corrected chi connectivity index (χ0v) is 11.3. The predicted molar refractivity (Wildman–Crippen MR) is 81.1 cm³/mol. The number of hydrogen-bond donors (Lipinski definition) is 4. The maximum absolute atomic E-state index is 12.0. The van der Waals surface area contributed by atoms with Crippen molar-refractivity contribution < 1.29 is 10.2 Å². The van der Waals surface area contributed by atoms with Gasteiger partial charge in [-0.1, -0.05) is 0 Å². The van der Waals surface area contributed by atoms with Crippen LogP contribution in [-0.4, -0.2) is 15.9 Å². The van der Waals surface area contributed by atoms with Crippen LogP contribution in [0.4, 0.5) is 11.4 Å². The number of benzene rings is 1. The Balaban J connectivity index is 1.90. The molecule has 22 heavy (non-hydrogen) atoms. The number of H-pyrrole nitrogens is 1. The summed E-state index contributed by atoms with van der Waals surface area (Å²) in [6, 6.07) is 8.87. The van der Waals surface area contributed by atoms with Crippen molar-refractivity contribution in [1.29, 1.82) is 0 Å². The summed E-state index contributed by atoms with van der Waals surface area (Å²) in [6.07, 6.45) is 3.50. The number of guanidine groups is 1. The molecule has 2 atom stereocenters. The van der Waals surface area contributed by atoms with Crippen LogP contribution in [0.3, 0.4) is 0 Å². The Morgan fingerprint density at radius 2 is 1.95 bits per heavy atom. The van der Waals surface area contributed by atoms with Crippen molar-refractivity contribution in [2.24, 2.45) is 10.8 Å². The standard InChI is InChI=1S/C14H12N6O2/c15-14-18-20(22)12-7-8(1-2-11(12)19(14)21)9-3-5-16-13-10(9)4-6-17-13/h1-7,19-20H,(H2,15,18)(H,16,17). The van der Waals surface area contributed by atoms with Gasteiger partial charge in [0.05, 0.1) is 0 Å². The van der Waals surface area contributed by atoms with E-state index >= 15 is 0 Å². The van der Waals surface area contributed by atoms with E-state index in [0.717, 1.165) is 22.2 Å². The van der Waals surface area contributed by atoms with Gasteiger partial charge in [0.25, 0.3) is 0 Å². The molecule has 0 amide bonds. The Morgan fingerprint density at radius 3 is 2.82 bits per heavy atom. The van der Waals surface area contributed by atoms with Crippen molar-refractivity contribution in [2.75, 3.05) is 0 Å². The van der Waals surface area contributed by atoms with Crippen molar-refractivity contribution in [3.8, 4) is 11.1 Å². The number of hydroxylamine groups is 1. The van der Waals surface area contributed by atoms with Crippen molar-refractivity contribution in [1.82, 2.24) is 9.97 Å². The molecular weight excluding hydrogens is 284 g/mol. The van der Waals surface area contributed by atoms with E-state index in [1.165, 1.54) is 0 Å². The summed E-state index contributed by atoms with van der Waals surface area (Å²) in [5, 5.41) is 27.6. The molecule has 3 aromatic rings. The van der Waals surface area contributed by atoms with Crippen LogP contribution in [0.2, 0.25) is 0 Å². The van der Waals surface area contributed by atoms with Gasteiger partial charge < -0.3 is 21.1 Å². The van der Waals surface area contributed by atoms with Gasteiger partial charge in [0.15, 0.2) is 0 Å². The van der Waals surface area contributed by atoms with Crippen LogP contribution >= 0.6 is 0 Å². The molecule has 5 N–H and O–H groups in total. The molecule has 1 aliphatic heterocycles. The number of nitrogens with two attached hydrogens (primary N) is 1. The second-order valence-corrected chi connectivity index (χ2v) is 4.99. The number of aromatic nitrogens is 2. The fourth-order valence-electron chi connectivity index (χ4n) is 2.66. The van der Waals surface area contributed by atoms with Crippen molar-refractivity contribution in [3.05, 3.63) is 53.1 Å². The fraction of sp³-hybridized carbons (Fsp3) is 0. The molecule has 0 aliphatic carbocycles. The van der Waals surface area contributed by atoms with Gasteiger partial charge in [0, 0.05) is 35.0 Å². The van der Waals surface area contributed by atoms with Crippen molar-refractivity contribution >= 4 is 28.4 Å². The van der Waals surface area contributed by atoms with Crippen LogP contribution < -0.4 is 16.0 Å². The summed E-state index contributed by atoms with van der Waals surface area (Å²) in [7, 11) is 0. The molecule has 8 heteroatoms. The number of pyridine rings is 1. The first-order valence-electron chi connectivity index (χ1n) is 6.65. The lowest BCUT2D eigenvalue weighted by Crippen LogP contribution is -3.14. The van der Waals surface area contributed by atoms with Gasteiger partial charge >= 0.3 is 5.96 Å². The Kier molecular flexibility index (Phi) is 2.71. The predicted octanol–water partition coefficient (Wildman–Crippen LogP) is -0.498. The maximum Gasteiger partial charge on any atom is 0.351 e. The van der Waals surface area contributed by atoms with E-state index in [1.54, 1.807) is 30.6 Å². The SMILES string of the molecule is NC1=N[NH+]([O-])c2cc(-c3ccnc4[nH]ccc34)ccc2[NH+]1[O-]. The maximum atomic E-state index is 12.0. The number of rotatable bonds is 1. The van der Waals surface area contributed by atoms with E-state index in [4.69, 9.17) is 5.73 Å². The monoisotopic (exact) mass is 296 g/mol. The normalized spacial score (nSPS) is 20.7. The zero-order valence-electron chi connectivity index (χ0n) is 11.3. The molecule has 2 aromatic heterocycles. The minimum atomic E-state index is -0.492. The largest absolute Gasteiger partial charge is 0.621 e. The van der Waals surface area contributed by atoms with Crippen molar-refractivity contribution in [2.45, 2.75) is 0 Å². The van der Waals surface area contributed by atoms with Crippen LogP contribution in [0.15, 0.2) is 47.8 Å². The molecule has 0 fully saturated rings. The number of hydrogen-bond acceptors (Lipinski definition) is 5. The molecule has 0 radical (unpaired) electrons. The van der Waals surface area contributed by atoms with Gasteiger partial charge in [-0.2, -0.15) is 5.17 Å². The lowest BCUT2D eigenvalue weighted by molar-refractivity contribution is -0.812. The third-order valence-corrected chi connectivity index (χ3v) is 3.72. The van der Waals surface area contributed by atoms with E-state index in [9.17, 15) is 10.4 Å². The third kappa shape index (κ3) is 1.80. The molecule has 0 bridgehead atoms. The second-order valence-electron chi connectivity index (χ2n) is 4.99. The average molecular weight is 296 g/mol.